The smallest absolute Gasteiger partial charge is 0.206 e. The molecule has 0 amide bonds. The molecule has 15 heavy (non-hydrogen) atoms. The predicted octanol–water partition coefficient (Wildman–Crippen LogP) is 4.11. The van der Waals surface area contributed by atoms with Crippen molar-refractivity contribution in [3.05, 3.63) is 35.4 Å². The summed E-state index contributed by atoms with van der Waals surface area (Å²) in [7, 11) is 0. The summed E-state index contributed by atoms with van der Waals surface area (Å²) in [6.45, 7) is 6.19. The molecule has 1 saturated carbocycles. The Morgan fingerprint density at radius 2 is 1.73 bits per heavy atom. The predicted molar refractivity (Wildman–Crippen MR) is 57.4 cm³/mol. The summed E-state index contributed by atoms with van der Waals surface area (Å²) in [5.41, 5.74) is 1.82. The maximum atomic E-state index is 13.1. The summed E-state index contributed by atoms with van der Waals surface area (Å²) in [6.07, 6.45) is 0.0140. The molecule has 1 unspecified atom stereocenters. The van der Waals surface area contributed by atoms with Crippen molar-refractivity contribution in [3.8, 4) is 0 Å². The van der Waals surface area contributed by atoms with Gasteiger partial charge in [0.05, 0.1) is 5.92 Å². The molecular formula is C13H16F2. The lowest BCUT2D eigenvalue weighted by molar-refractivity contribution is 0.112. The van der Waals surface area contributed by atoms with E-state index in [0.29, 0.717) is 0 Å². The molecule has 0 aliphatic heterocycles. The standard InChI is InChI=1S/C13H16F2/c1-12(2,3)10-7-5-4-6-9(10)11-8-13(11,14)15/h4-7,11H,8H2,1-3H3. The number of hydrogen-bond acceptors (Lipinski definition) is 0. The first-order valence-corrected chi connectivity index (χ1v) is 5.29. The number of rotatable bonds is 1. The molecule has 1 aromatic rings. The molecule has 0 bridgehead atoms. The van der Waals surface area contributed by atoms with Gasteiger partial charge in [-0.15, -0.1) is 0 Å². The van der Waals surface area contributed by atoms with Crippen molar-refractivity contribution < 1.29 is 8.78 Å². The summed E-state index contributed by atoms with van der Waals surface area (Å²) < 4.78 is 26.1. The van der Waals surface area contributed by atoms with E-state index in [0.717, 1.165) is 11.1 Å². The fourth-order valence-corrected chi connectivity index (χ4v) is 2.03. The molecule has 1 fully saturated rings. The zero-order valence-electron chi connectivity index (χ0n) is 9.35. The van der Waals surface area contributed by atoms with Crippen molar-refractivity contribution in [2.75, 3.05) is 0 Å². The number of halogens is 2. The van der Waals surface area contributed by atoms with Gasteiger partial charge in [-0.25, -0.2) is 8.78 Å². The topological polar surface area (TPSA) is 0 Å². The molecule has 1 aromatic carbocycles. The number of benzene rings is 1. The van der Waals surface area contributed by atoms with E-state index >= 15 is 0 Å². The van der Waals surface area contributed by atoms with Crippen LogP contribution in [0.4, 0.5) is 8.78 Å². The SMILES string of the molecule is CC(C)(C)c1ccccc1C1CC1(F)F. The maximum Gasteiger partial charge on any atom is 0.255 e. The third-order valence-corrected chi connectivity index (χ3v) is 2.97. The van der Waals surface area contributed by atoms with Crippen LogP contribution in [0.2, 0.25) is 0 Å². The van der Waals surface area contributed by atoms with Crippen molar-refractivity contribution in [1.82, 2.24) is 0 Å². The van der Waals surface area contributed by atoms with Crippen LogP contribution in [0.1, 0.15) is 44.2 Å². The zero-order valence-corrected chi connectivity index (χ0v) is 9.35. The Hall–Kier alpha value is -0.920. The summed E-state index contributed by atoms with van der Waals surface area (Å²) in [5.74, 6) is -3.02. The van der Waals surface area contributed by atoms with Gasteiger partial charge in [-0.1, -0.05) is 45.0 Å². The highest BCUT2D eigenvalue weighted by molar-refractivity contribution is 5.40. The van der Waals surface area contributed by atoms with Gasteiger partial charge in [-0.05, 0) is 16.5 Å². The Morgan fingerprint density at radius 1 is 1.20 bits per heavy atom. The minimum absolute atomic E-state index is 0.0140. The average molecular weight is 210 g/mol. The molecule has 0 heterocycles. The monoisotopic (exact) mass is 210 g/mol. The average Bonchev–Trinajstić information content (AvgIpc) is 2.74. The molecule has 82 valence electrons. The van der Waals surface area contributed by atoms with E-state index in [-0.39, 0.29) is 11.8 Å². The minimum Gasteiger partial charge on any atom is -0.206 e. The van der Waals surface area contributed by atoms with Gasteiger partial charge in [0.25, 0.3) is 5.92 Å². The van der Waals surface area contributed by atoms with E-state index in [1.807, 2.05) is 24.3 Å². The first kappa shape index (κ1) is 10.6. The second-order valence-corrected chi connectivity index (χ2v) is 5.35. The van der Waals surface area contributed by atoms with Crippen molar-refractivity contribution >= 4 is 0 Å². The Balaban J connectivity index is 2.41. The van der Waals surface area contributed by atoms with Gasteiger partial charge in [-0.2, -0.15) is 0 Å². The second-order valence-electron chi connectivity index (χ2n) is 5.35. The van der Waals surface area contributed by atoms with Crippen molar-refractivity contribution in [3.63, 3.8) is 0 Å². The molecule has 0 aromatic heterocycles. The van der Waals surface area contributed by atoms with E-state index in [1.54, 1.807) is 0 Å². The van der Waals surface area contributed by atoms with Crippen LogP contribution in [-0.4, -0.2) is 5.92 Å². The van der Waals surface area contributed by atoms with Crippen LogP contribution in [0.25, 0.3) is 0 Å². The lowest BCUT2D eigenvalue weighted by Crippen LogP contribution is -2.14. The van der Waals surface area contributed by atoms with E-state index < -0.39 is 11.8 Å². The Morgan fingerprint density at radius 3 is 2.20 bits per heavy atom. The first-order valence-electron chi connectivity index (χ1n) is 5.29. The first-order chi connectivity index (χ1) is 6.82. The maximum absolute atomic E-state index is 13.1. The second kappa shape index (κ2) is 3.03. The van der Waals surface area contributed by atoms with E-state index in [2.05, 4.69) is 20.8 Å². The van der Waals surface area contributed by atoms with Gasteiger partial charge in [-0.3, -0.25) is 0 Å². The summed E-state index contributed by atoms with van der Waals surface area (Å²) >= 11 is 0. The van der Waals surface area contributed by atoms with E-state index in [1.165, 1.54) is 0 Å². The summed E-state index contributed by atoms with van der Waals surface area (Å²) in [6, 6.07) is 7.57. The summed E-state index contributed by atoms with van der Waals surface area (Å²) in [5, 5.41) is 0. The molecular weight excluding hydrogens is 194 g/mol. The van der Waals surface area contributed by atoms with Gasteiger partial charge < -0.3 is 0 Å². The van der Waals surface area contributed by atoms with Crippen LogP contribution in [0, 0.1) is 0 Å². The van der Waals surface area contributed by atoms with Crippen LogP contribution in [-0.2, 0) is 5.41 Å². The highest BCUT2D eigenvalue weighted by Crippen LogP contribution is 2.57. The van der Waals surface area contributed by atoms with Crippen molar-refractivity contribution in [2.24, 2.45) is 0 Å². The zero-order chi connectivity index (χ0) is 11.3. The largest absolute Gasteiger partial charge is 0.255 e. The Kier molecular flexibility index (Phi) is 2.14. The fourth-order valence-electron chi connectivity index (χ4n) is 2.03. The van der Waals surface area contributed by atoms with E-state index in [9.17, 15) is 8.78 Å². The molecule has 0 radical (unpaired) electrons. The van der Waals surface area contributed by atoms with Gasteiger partial charge in [0.2, 0.25) is 0 Å². The quantitative estimate of drug-likeness (QED) is 0.654. The van der Waals surface area contributed by atoms with Gasteiger partial charge >= 0.3 is 0 Å². The van der Waals surface area contributed by atoms with Crippen LogP contribution in [0.3, 0.4) is 0 Å². The van der Waals surface area contributed by atoms with Crippen LogP contribution in [0.5, 0.6) is 0 Å². The summed E-state index contributed by atoms with van der Waals surface area (Å²) in [4.78, 5) is 0. The van der Waals surface area contributed by atoms with Crippen molar-refractivity contribution in [1.29, 1.82) is 0 Å². The molecule has 0 nitrogen and oxygen atoms in total. The highest BCUT2D eigenvalue weighted by Gasteiger charge is 2.58. The van der Waals surface area contributed by atoms with Crippen molar-refractivity contribution in [2.45, 2.75) is 44.4 Å². The van der Waals surface area contributed by atoms with Gasteiger partial charge in [0.1, 0.15) is 0 Å². The lowest BCUT2D eigenvalue weighted by atomic mass is 9.82. The molecule has 2 heteroatoms. The van der Waals surface area contributed by atoms with Crippen LogP contribution < -0.4 is 0 Å². The third kappa shape index (κ3) is 1.90. The highest BCUT2D eigenvalue weighted by atomic mass is 19.3. The molecule has 0 N–H and O–H groups in total. The van der Waals surface area contributed by atoms with Crippen LogP contribution >= 0.6 is 0 Å². The molecule has 1 aliphatic carbocycles. The fraction of sp³-hybridized carbons (Fsp3) is 0.538. The third-order valence-electron chi connectivity index (χ3n) is 2.97. The lowest BCUT2D eigenvalue weighted by Gasteiger charge is -2.22. The van der Waals surface area contributed by atoms with E-state index in [4.69, 9.17) is 0 Å². The molecule has 0 saturated heterocycles. The molecule has 0 spiro atoms. The van der Waals surface area contributed by atoms with Gasteiger partial charge in [0, 0.05) is 6.42 Å². The number of hydrogen-bond donors (Lipinski definition) is 0. The van der Waals surface area contributed by atoms with Crippen LogP contribution in [0.15, 0.2) is 24.3 Å². The molecule has 1 atom stereocenters. The molecule has 1 aliphatic rings. The normalized spacial score (nSPS) is 23.9. The Labute approximate surface area is 89.3 Å². The Bertz CT molecular complexity index is 374. The number of alkyl halides is 2. The van der Waals surface area contributed by atoms with Gasteiger partial charge in [0.15, 0.2) is 0 Å². The molecule has 2 rings (SSSR count). The minimum atomic E-state index is -2.47.